The second kappa shape index (κ2) is 6.28. The lowest BCUT2D eigenvalue weighted by atomic mass is 10.2. The Morgan fingerprint density at radius 1 is 1.57 bits per heavy atom. The van der Waals surface area contributed by atoms with Gasteiger partial charge in [0, 0.05) is 26.1 Å². The maximum absolute atomic E-state index is 8.81. The quantitative estimate of drug-likeness (QED) is 0.686. The Bertz CT molecular complexity index is 237. The first-order valence-corrected chi connectivity index (χ1v) is 4.49. The number of aliphatic hydroxyl groups is 1. The van der Waals surface area contributed by atoms with E-state index in [1.807, 2.05) is 0 Å². The predicted octanol–water partition coefficient (Wildman–Crippen LogP) is 0.286. The highest BCUT2D eigenvalue weighted by atomic mass is 16.5. The van der Waals surface area contributed by atoms with Crippen molar-refractivity contribution in [2.24, 2.45) is 0 Å². The van der Waals surface area contributed by atoms with E-state index in [-0.39, 0.29) is 12.6 Å². The molecule has 1 atom stereocenters. The van der Waals surface area contributed by atoms with E-state index < -0.39 is 0 Å². The van der Waals surface area contributed by atoms with Crippen LogP contribution in [0.1, 0.15) is 6.42 Å². The van der Waals surface area contributed by atoms with Crippen molar-refractivity contribution in [1.82, 2.24) is 9.97 Å². The normalized spacial score (nSPS) is 12.4. The molecule has 0 bridgehead atoms. The van der Waals surface area contributed by atoms with Crippen molar-refractivity contribution in [3.8, 4) is 0 Å². The van der Waals surface area contributed by atoms with Crippen molar-refractivity contribution in [3.05, 3.63) is 18.6 Å². The second-order valence-corrected chi connectivity index (χ2v) is 2.90. The van der Waals surface area contributed by atoms with Crippen molar-refractivity contribution in [2.45, 2.75) is 12.5 Å². The molecule has 1 rings (SSSR count). The molecule has 5 nitrogen and oxygen atoms in total. The molecule has 0 saturated heterocycles. The van der Waals surface area contributed by atoms with E-state index in [1.165, 1.54) is 0 Å². The van der Waals surface area contributed by atoms with Crippen LogP contribution in [0.5, 0.6) is 0 Å². The summed E-state index contributed by atoms with van der Waals surface area (Å²) >= 11 is 0. The molecule has 2 N–H and O–H groups in total. The fraction of sp³-hybridized carbons (Fsp3) is 0.556. The van der Waals surface area contributed by atoms with E-state index in [4.69, 9.17) is 9.84 Å². The number of hydrogen-bond donors (Lipinski definition) is 2. The predicted molar refractivity (Wildman–Crippen MR) is 53.0 cm³/mol. The first-order valence-electron chi connectivity index (χ1n) is 4.49. The average Bonchev–Trinajstić information content (AvgIpc) is 2.20. The summed E-state index contributed by atoms with van der Waals surface area (Å²) in [4.78, 5) is 8.00. The highest BCUT2D eigenvalue weighted by Crippen LogP contribution is 2.03. The van der Waals surface area contributed by atoms with Gasteiger partial charge in [0.1, 0.15) is 5.82 Å². The number of ether oxygens (including phenoxy) is 1. The number of aliphatic hydroxyl groups excluding tert-OH is 1. The molecule has 1 heterocycles. The molecular weight excluding hydrogens is 182 g/mol. The van der Waals surface area contributed by atoms with Crippen LogP contribution < -0.4 is 5.32 Å². The number of hydrogen-bond acceptors (Lipinski definition) is 5. The van der Waals surface area contributed by atoms with Crippen LogP contribution in [0, 0.1) is 0 Å². The number of nitrogens with one attached hydrogen (secondary N) is 1. The third-order valence-corrected chi connectivity index (χ3v) is 1.76. The Hall–Kier alpha value is -1.20. The molecule has 0 saturated carbocycles. The minimum atomic E-state index is 0.0710. The van der Waals surface area contributed by atoms with Crippen LogP contribution in [0.3, 0.4) is 0 Å². The van der Waals surface area contributed by atoms with Crippen molar-refractivity contribution in [1.29, 1.82) is 0 Å². The molecule has 5 heteroatoms. The van der Waals surface area contributed by atoms with Crippen LogP contribution in [0.4, 0.5) is 5.82 Å². The van der Waals surface area contributed by atoms with Crippen LogP contribution in [-0.4, -0.2) is 41.4 Å². The Labute approximate surface area is 83.2 Å². The third-order valence-electron chi connectivity index (χ3n) is 1.76. The summed E-state index contributed by atoms with van der Waals surface area (Å²) in [5.74, 6) is 0.697. The van der Waals surface area contributed by atoms with Crippen LogP contribution in [0.15, 0.2) is 18.6 Å². The Morgan fingerprint density at radius 3 is 3.00 bits per heavy atom. The first-order chi connectivity index (χ1) is 6.86. The summed E-state index contributed by atoms with van der Waals surface area (Å²) < 4.78 is 5.01. The topological polar surface area (TPSA) is 67.3 Å². The molecule has 0 aliphatic heterocycles. The smallest absolute Gasteiger partial charge is 0.144 e. The van der Waals surface area contributed by atoms with Gasteiger partial charge < -0.3 is 15.2 Å². The second-order valence-electron chi connectivity index (χ2n) is 2.90. The summed E-state index contributed by atoms with van der Waals surface area (Å²) in [7, 11) is 1.63. The van der Waals surface area contributed by atoms with Gasteiger partial charge >= 0.3 is 0 Å². The van der Waals surface area contributed by atoms with Gasteiger partial charge in [-0.25, -0.2) is 4.98 Å². The van der Waals surface area contributed by atoms with Gasteiger partial charge in [-0.1, -0.05) is 0 Å². The van der Waals surface area contributed by atoms with Crippen molar-refractivity contribution in [2.75, 3.05) is 25.6 Å². The minimum Gasteiger partial charge on any atom is -0.396 e. The van der Waals surface area contributed by atoms with Gasteiger partial charge in [-0.2, -0.15) is 0 Å². The summed E-state index contributed by atoms with van der Waals surface area (Å²) in [6.07, 6.45) is 5.50. The van der Waals surface area contributed by atoms with E-state index in [1.54, 1.807) is 25.7 Å². The number of aromatic nitrogens is 2. The molecular formula is C9H15N3O2. The van der Waals surface area contributed by atoms with Crippen molar-refractivity contribution in [3.63, 3.8) is 0 Å². The zero-order chi connectivity index (χ0) is 10.2. The van der Waals surface area contributed by atoms with Gasteiger partial charge in [-0.3, -0.25) is 4.98 Å². The van der Waals surface area contributed by atoms with Crippen molar-refractivity contribution >= 4 is 5.82 Å². The van der Waals surface area contributed by atoms with Crippen LogP contribution in [0.2, 0.25) is 0 Å². The molecule has 78 valence electrons. The highest BCUT2D eigenvalue weighted by Gasteiger charge is 2.07. The minimum absolute atomic E-state index is 0.0710. The molecule has 0 aliphatic carbocycles. The Balaban J connectivity index is 2.46. The van der Waals surface area contributed by atoms with E-state index in [0.717, 1.165) is 0 Å². The fourth-order valence-electron chi connectivity index (χ4n) is 1.14. The molecule has 0 radical (unpaired) electrons. The standard InChI is InChI=1S/C9H15N3O2/c1-14-7-8(2-5-13)12-9-6-10-3-4-11-9/h3-4,6,8,13H,2,5,7H2,1H3,(H,11,12). The Kier molecular flexibility index (Phi) is 4.88. The van der Waals surface area contributed by atoms with Crippen LogP contribution >= 0.6 is 0 Å². The summed E-state index contributed by atoms with van der Waals surface area (Å²) in [5.41, 5.74) is 0. The lowest BCUT2D eigenvalue weighted by Crippen LogP contribution is -2.26. The summed E-state index contributed by atoms with van der Waals surface area (Å²) in [6, 6.07) is 0.0710. The highest BCUT2D eigenvalue weighted by molar-refractivity contribution is 5.31. The zero-order valence-electron chi connectivity index (χ0n) is 8.18. The van der Waals surface area contributed by atoms with Gasteiger partial charge in [-0.05, 0) is 6.42 Å². The van der Waals surface area contributed by atoms with E-state index >= 15 is 0 Å². The largest absolute Gasteiger partial charge is 0.396 e. The molecule has 0 aliphatic rings. The molecule has 0 aromatic carbocycles. The SMILES string of the molecule is COCC(CCO)Nc1cnccn1. The third kappa shape index (κ3) is 3.68. The molecule has 14 heavy (non-hydrogen) atoms. The maximum Gasteiger partial charge on any atom is 0.144 e. The Morgan fingerprint density at radius 2 is 2.43 bits per heavy atom. The van der Waals surface area contributed by atoms with Gasteiger partial charge in [0.05, 0.1) is 18.8 Å². The molecule has 1 aromatic heterocycles. The lowest BCUT2D eigenvalue weighted by Gasteiger charge is -2.16. The number of anilines is 1. The lowest BCUT2D eigenvalue weighted by molar-refractivity contribution is 0.170. The first kappa shape index (κ1) is 10.9. The number of nitrogens with zero attached hydrogens (tertiary/aromatic N) is 2. The van der Waals surface area contributed by atoms with Gasteiger partial charge in [-0.15, -0.1) is 0 Å². The molecule has 1 aromatic rings. The molecule has 0 amide bonds. The van der Waals surface area contributed by atoms with E-state index in [9.17, 15) is 0 Å². The van der Waals surface area contributed by atoms with Gasteiger partial charge in [0.2, 0.25) is 0 Å². The van der Waals surface area contributed by atoms with Gasteiger partial charge in [0.25, 0.3) is 0 Å². The maximum atomic E-state index is 8.81. The van der Waals surface area contributed by atoms with Crippen LogP contribution in [0.25, 0.3) is 0 Å². The molecule has 0 spiro atoms. The fourth-order valence-corrected chi connectivity index (χ4v) is 1.14. The van der Waals surface area contributed by atoms with E-state index in [2.05, 4.69) is 15.3 Å². The number of methoxy groups -OCH3 is 1. The zero-order valence-corrected chi connectivity index (χ0v) is 8.18. The monoisotopic (exact) mass is 197 g/mol. The average molecular weight is 197 g/mol. The summed E-state index contributed by atoms with van der Waals surface area (Å²) in [5, 5.41) is 11.9. The van der Waals surface area contributed by atoms with Crippen molar-refractivity contribution < 1.29 is 9.84 Å². The summed E-state index contributed by atoms with van der Waals surface area (Å²) in [6.45, 7) is 0.665. The molecule has 0 fully saturated rings. The van der Waals surface area contributed by atoms with Gasteiger partial charge in [0.15, 0.2) is 0 Å². The van der Waals surface area contributed by atoms with Crippen LogP contribution in [-0.2, 0) is 4.74 Å². The number of rotatable bonds is 6. The van der Waals surface area contributed by atoms with E-state index in [0.29, 0.717) is 18.8 Å². The molecule has 1 unspecified atom stereocenters.